The Morgan fingerprint density at radius 3 is 0.773 bits per heavy atom. The van der Waals surface area contributed by atoms with Crippen LogP contribution in [0.25, 0.3) is 0 Å². The summed E-state index contributed by atoms with van der Waals surface area (Å²) in [6, 6.07) is 0. The summed E-state index contributed by atoms with van der Waals surface area (Å²) in [4.78, 5) is 0. The topological polar surface area (TPSA) is 27.7 Å². The van der Waals surface area contributed by atoms with E-state index in [1.54, 1.807) is 0 Å². The van der Waals surface area contributed by atoms with Crippen LogP contribution in [0, 0.1) is 0 Å². The van der Waals surface area contributed by atoms with Crippen molar-refractivity contribution in [1.29, 1.82) is 0 Å². The van der Waals surface area contributed by atoms with E-state index < -0.39 is 81.1 Å². The minimum absolute atomic E-state index is 1.04. The lowest BCUT2D eigenvalue weighted by Crippen LogP contribution is -2.79. The summed E-state index contributed by atoms with van der Waals surface area (Å²) in [7, 11) is -11.5. The highest BCUT2D eigenvalue weighted by molar-refractivity contribution is 6.64. The maximum absolute atomic E-state index is 14.5. The molecule has 0 rings (SSSR count). The molecule has 0 aliphatic heterocycles. The Labute approximate surface area is 218 Å². The van der Waals surface area contributed by atoms with Crippen LogP contribution in [0.2, 0.25) is 0 Å². The summed E-state index contributed by atoms with van der Waals surface area (Å²) < 4.78 is 368. The van der Waals surface area contributed by atoms with Gasteiger partial charge in [-0.2, -0.15) is 123 Å². The number of hydrogen-bond acceptors (Lipinski definition) is 3. The van der Waals surface area contributed by atoms with Gasteiger partial charge in [0, 0.05) is 0 Å². The third kappa shape index (κ3) is 6.52. The summed E-state index contributed by atoms with van der Waals surface area (Å²) in [5.74, 6) is -37.6. The molecule has 32 heteroatoms. The third-order valence-electron chi connectivity index (χ3n) is 4.11. The van der Waals surface area contributed by atoms with E-state index in [1.165, 1.54) is 0 Å². The molecule has 0 fully saturated rings. The zero-order chi connectivity index (χ0) is 36.6. The van der Waals surface area contributed by atoms with Gasteiger partial charge in [-0.15, -0.1) is 0 Å². The van der Waals surface area contributed by atoms with Crippen LogP contribution in [-0.2, 0) is 13.3 Å². The van der Waals surface area contributed by atoms with Crippen molar-refractivity contribution < 1.29 is 136 Å². The van der Waals surface area contributed by atoms with Crippen molar-refractivity contribution in [2.24, 2.45) is 0 Å². The molecule has 44 heavy (non-hydrogen) atoms. The Kier molecular flexibility index (Phi) is 10.1. The van der Waals surface area contributed by atoms with Crippen LogP contribution >= 0.6 is 0 Å². The molecule has 0 aliphatic carbocycles. The van der Waals surface area contributed by atoms with Crippen LogP contribution in [0.5, 0.6) is 0 Å². The fourth-order valence-corrected chi connectivity index (χ4v) is 4.32. The van der Waals surface area contributed by atoms with E-state index in [-0.39, 0.29) is 0 Å². The average molecular weight is 752 g/mol. The van der Waals surface area contributed by atoms with Gasteiger partial charge in [0.25, 0.3) is 0 Å². The maximum Gasteiger partial charge on any atom is 0.598 e. The highest BCUT2D eigenvalue weighted by Crippen LogP contribution is 2.63. The standard InChI is InChI=1S/C12F28O3Si/c13-1(14,3(17,18)5(20,21)22)2(15,16)4(19,6(23,24)25)41-44(12(39,40)9(32,33)34,42-10(35,36)7(26,27)28)43-11(37,38)8(29,30)31. The minimum atomic E-state index is -11.5. The summed E-state index contributed by atoms with van der Waals surface area (Å²) >= 11 is 0. The van der Waals surface area contributed by atoms with Gasteiger partial charge in [-0.3, -0.25) is 0 Å². The minimum Gasteiger partial charge on any atom is -0.324 e. The second kappa shape index (κ2) is 10.6. The lowest BCUT2D eigenvalue weighted by Gasteiger charge is -2.46. The predicted octanol–water partition coefficient (Wildman–Crippen LogP) is 8.72. The molecule has 0 saturated carbocycles. The fourth-order valence-electron chi connectivity index (χ4n) is 1.94. The van der Waals surface area contributed by atoms with E-state index in [1.807, 2.05) is 0 Å². The zero-order valence-corrected chi connectivity index (χ0v) is 19.3. The van der Waals surface area contributed by atoms with Crippen LogP contribution in [-0.4, -0.2) is 81.1 Å². The largest absolute Gasteiger partial charge is 0.598 e. The Hall–Kier alpha value is -1.86. The molecular formula is C12F28O3Si. The Morgan fingerprint density at radius 2 is 0.568 bits per heavy atom. The first-order valence-electron chi connectivity index (χ1n) is 8.77. The second-order valence-electron chi connectivity index (χ2n) is 7.28. The van der Waals surface area contributed by atoms with Crippen LogP contribution < -0.4 is 0 Å². The quantitative estimate of drug-likeness (QED) is 0.165. The Morgan fingerprint density at radius 1 is 0.273 bits per heavy atom. The predicted molar refractivity (Wildman–Crippen MR) is 72.8 cm³/mol. The van der Waals surface area contributed by atoms with Crippen molar-refractivity contribution >= 4 is 8.80 Å². The van der Waals surface area contributed by atoms with Gasteiger partial charge in [-0.05, 0) is 0 Å². The van der Waals surface area contributed by atoms with E-state index in [9.17, 15) is 123 Å². The average Bonchev–Trinajstić information content (AvgIpc) is 2.68. The first-order valence-corrected chi connectivity index (χ1v) is 10.5. The summed E-state index contributed by atoms with van der Waals surface area (Å²) in [5, 5.41) is 0. The van der Waals surface area contributed by atoms with Crippen LogP contribution in [0.1, 0.15) is 0 Å². The first-order chi connectivity index (χ1) is 18.4. The van der Waals surface area contributed by atoms with E-state index in [4.69, 9.17) is 0 Å². The molecule has 0 spiro atoms. The van der Waals surface area contributed by atoms with E-state index in [0.29, 0.717) is 0 Å². The molecule has 0 aromatic carbocycles. The van der Waals surface area contributed by atoms with Crippen molar-refractivity contribution in [2.45, 2.75) is 72.3 Å². The monoisotopic (exact) mass is 752 g/mol. The molecule has 0 heterocycles. The van der Waals surface area contributed by atoms with E-state index >= 15 is 0 Å². The van der Waals surface area contributed by atoms with Gasteiger partial charge in [-0.1, -0.05) is 0 Å². The summed E-state index contributed by atoms with van der Waals surface area (Å²) in [6.45, 7) is 0. The first kappa shape index (κ1) is 42.1. The van der Waals surface area contributed by atoms with E-state index in [0.717, 1.165) is 13.3 Å². The van der Waals surface area contributed by atoms with Crippen molar-refractivity contribution in [3.05, 3.63) is 0 Å². The van der Waals surface area contributed by atoms with Gasteiger partial charge >= 0.3 is 81.1 Å². The molecule has 266 valence electrons. The van der Waals surface area contributed by atoms with Gasteiger partial charge in [-0.25, -0.2) is 0 Å². The zero-order valence-electron chi connectivity index (χ0n) is 18.3. The lowest BCUT2D eigenvalue weighted by atomic mass is 9.97. The molecule has 0 bridgehead atoms. The van der Waals surface area contributed by atoms with Crippen LogP contribution in [0.4, 0.5) is 123 Å². The molecule has 1 atom stereocenters. The second-order valence-corrected chi connectivity index (χ2v) is 9.63. The molecule has 0 radical (unpaired) electrons. The highest BCUT2D eigenvalue weighted by atomic mass is 28.4. The molecule has 0 amide bonds. The van der Waals surface area contributed by atoms with Crippen molar-refractivity contribution in [2.75, 3.05) is 0 Å². The van der Waals surface area contributed by atoms with Gasteiger partial charge in [0.05, 0.1) is 0 Å². The smallest absolute Gasteiger partial charge is 0.324 e. The lowest BCUT2D eigenvalue weighted by molar-refractivity contribution is -0.475. The maximum atomic E-state index is 14.5. The summed E-state index contributed by atoms with van der Waals surface area (Å²) in [5.41, 5.74) is -9.14. The van der Waals surface area contributed by atoms with Crippen molar-refractivity contribution in [1.82, 2.24) is 0 Å². The van der Waals surface area contributed by atoms with Gasteiger partial charge in [0.2, 0.25) is 0 Å². The van der Waals surface area contributed by atoms with Crippen LogP contribution in [0.3, 0.4) is 0 Å². The van der Waals surface area contributed by atoms with Crippen molar-refractivity contribution in [3.8, 4) is 0 Å². The molecule has 0 aliphatic rings. The van der Waals surface area contributed by atoms with Crippen LogP contribution in [0.15, 0.2) is 0 Å². The van der Waals surface area contributed by atoms with Gasteiger partial charge in [0.15, 0.2) is 0 Å². The van der Waals surface area contributed by atoms with Gasteiger partial charge in [0.1, 0.15) is 0 Å². The molecule has 0 aromatic heterocycles. The SMILES string of the molecule is FC(F)(F)C(F)(F)O[Si](OC(F)(F)C(F)(F)F)(OC(F)(C(F)(F)F)C(F)(F)C(F)(F)C(F)(F)C(F)(F)F)C(F)(F)C(F)(F)F. The normalized spacial score (nSPS) is 18.0. The molecule has 0 N–H and O–H groups in total. The molecule has 0 aromatic rings. The molecule has 1 unspecified atom stereocenters. The highest BCUT2D eigenvalue weighted by Gasteiger charge is 2.96. The number of hydrogen-bond donors (Lipinski definition) is 0. The Balaban J connectivity index is 8.48. The van der Waals surface area contributed by atoms with Crippen molar-refractivity contribution in [3.63, 3.8) is 0 Å². The third-order valence-corrected chi connectivity index (χ3v) is 6.77. The number of rotatable bonds is 10. The molecule has 3 nitrogen and oxygen atoms in total. The molecular weight excluding hydrogens is 752 g/mol. The number of halogens is 28. The summed E-state index contributed by atoms with van der Waals surface area (Å²) in [6.07, 6.45) is -59.7. The van der Waals surface area contributed by atoms with E-state index in [2.05, 4.69) is 0 Å². The molecule has 0 saturated heterocycles. The Bertz CT molecular complexity index is 983. The fraction of sp³-hybridized carbons (Fsp3) is 1.00. The number of alkyl halides is 28. The van der Waals surface area contributed by atoms with Gasteiger partial charge < -0.3 is 13.3 Å².